The summed E-state index contributed by atoms with van der Waals surface area (Å²) < 4.78 is 90.7. The van der Waals surface area contributed by atoms with E-state index in [-0.39, 0.29) is 10.6 Å². The highest BCUT2D eigenvalue weighted by atomic mass is 35.5. The molecule has 0 radical (unpaired) electrons. The van der Waals surface area contributed by atoms with Gasteiger partial charge in [0.2, 0.25) is 20.0 Å². The van der Waals surface area contributed by atoms with Gasteiger partial charge >= 0.3 is 0 Å². The number of hydroxylamine groups is 1. The minimum Gasteiger partial charge on any atom is -0.451 e. The van der Waals surface area contributed by atoms with Gasteiger partial charge in [-0.3, -0.25) is 10.0 Å². The number of anilines is 1. The van der Waals surface area contributed by atoms with Gasteiger partial charge in [0, 0.05) is 50.3 Å². The lowest BCUT2D eigenvalue weighted by Gasteiger charge is -2.25. The molecule has 0 saturated heterocycles. The Morgan fingerprint density at radius 3 is 2.13 bits per heavy atom. The molecule has 0 fully saturated rings. The molecule has 0 saturated carbocycles. The van der Waals surface area contributed by atoms with Crippen molar-refractivity contribution in [1.82, 2.24) is 14.1 Å². The number of hydrogen-bond acceptors (Lipinski definition) is 8. The van der Waals surface area contributed by atoms with E-state index in [4.69, 9.17) is 21.5 Å². The first kappa shape index (κ1) is 34.0. The summed E-state index contributed by atoms with van der Waals surface area (Å²) >= 11 is 5.81. The quantitative estimate of drug-likeness (QED) is 0.165. The number of amides is 1. The zero-order chi connectivity index (χ0) is 33.1. The predicted molar refractivity (Wildman–Crippen MR) is 165 cm³/mol. The van der Waals surface area contributed by atoms with Crippen LogP contribution < -0.4 is 15.1 Å². The maximum Gasteiger partial charge on any atom is 0.258 e. The molecule has 4 aromatic rings. The molecule has 45 heavy (non-hydrogen) atoms. The number of rotatable bonds is 12. The van der Waals surface area contributed by atoms with Gasteiger partial charge in [-0.1, -0.05) is 29.8 Å². The zero-order valence-corrected chi connectivity index (χ0v) is 26.6. The fourth-order valence-electron chi connectivity index (χ4n) is 4.32. The summed E-state index contributed by atoms with van der Waals surface area (Å²) in [5, 5.41) is 10.5. The number of halogens is 3. The minimum absolute atomic E-state index is 0.0302. The first-order chi connectivity index (χ1) is 21.1. The average Bonchev–Trinajstić information content (AvgIpc) is 3.00. The van der Waals surface area contributed by atoms with E-state index in [1.807, 2.05) is 25.1 Å². The minimum atomic E-state index is -4.82. The molecule has 16 heteroatoms. The van der Waals surface area contributed by atoms with Crippen molar-refractivity contribution in [3.8, 4) is 11.5 Å². The lowest BCUT2D eigenvalue weighted by atomic mass is 10.1. The second-order valence-corrected chi connectivity index (χ2v) is 14.4. The van der Waals surface area contributed by atoms with Crippen LogP contribution in [0.25, 0.3) is 10.8 Å². The third-order valence-corrected chi connectivity index (χ3v) is 10.8. The van der Waals surface area contributed by atoms with Crippen molar-refractivity contribution in [3.05, 3.63) is 89.5 Å². The van der Waals surface area contributed by atoms with Crippen LogP contribution in [0.2, 0.25) is 5.02 Å². The topological polar surface area (TPSA) is 137 Å². The number of nitrogens with zero attached hydrogens (tertiary/aromatic N) is 3. The Morgan fingerprint density at radius 1 is 0.889 bits per heavy atom. The van der Waals surface area contributed by atoms with Gasteiger partial charge < -0.3 is 9.64 Å². The Bertz CT molecular complexity index is 1920. The van der Waals surface area contributed by atoms with Crippen LogP contribution in [0.1, 0.15) is 0 Å². The van der Waals surface area contributed by atoms with E-state index in [9.17, 15) is 30.4 Å². The first-order valence-corrected chi connectivity index (χ1v) is 16.4. The Kier molecular flexibility index (Phi) is 10.3. The standard InChI is InChI=1S/C29H29ClF2N4O7S2/c1-34(2)21-9-12-24-19(15-21)5-4-6-27(24)45(41,42)35(3)13-14-36(18-28(37)33-38)44(39,40)23-16-25(31)29(26(32)17-23)43-22-10-7-20(30)8-11-22/h4-12,15-17,38H,13-14,18H2,1-3H3,(H,33,37). The normalized spacial score (nSPS) is 12.1. The highest BCUT2D eigenvalue weighted by molar-refractivity contribution is 7.89. The Morgan fingerprint density at radius 2 is 1.53 bits per heavy atom. The van der Waals surface area contributed by atoms with Crippen LogP contribution in [0.5, 0.6) is 11.5 Å². The third kappa shape index (κ3) is 7.52. The number of hydrogen-bond donors (Lipinski definition) is 2. The molecule has 4 rings (SSSR count). The maximum atomic E-state index is 15.0. The summed E-state index contributed by atoms with van der Waals surface area (Å²) in [4.78, 5) is 13.0. The molecule has 0 aromatic heterocycles. The van der Waals surface area contributed by atoms with Gasteiger partial charge in [0.05, 0.1) is 16.3 Å². The van der Waals surface area contributed by atoms with Crippen molar-refractivity contribution < 1.29 is 40.4 Å². The van der Waals surface area contributed by atoms with E-state index in [1.54, 1.807) is 24.3 Å². The number of sulfonamides is 2. The van der Waals surface area contributed by atoms with Gasteiger partial charge in [0.15, 0.2) is 17.4 Å². The molecule has 0 atom stereocenters. The molecule has 0 unspecified atom stereocenters. The molecule has 0 aliphatic rings. The first-order valence-electron chi connectivity index (χ1n) is 13.2. The molecule has 0 spiro atoms. The highest BCUT2D eigenvalue weighted by Crippen LogP contribution is 2.32. The molecule has 0 bridgehead atoms. The van der Waals surface area contributed by atoms with Crippen LogP contribution in [0.3, 0.4) is 0 Å². The molecule has 4 aromatic carbocycles. The van der Waals surface area contributed by atoms with E-state index < -0.39 is 67.9 Å². The van der Waals surface area contributed by atoms with Gasteiger partial charge in [-0.05, 0) is 60.0 Å². The number of carbonyl (C=O) groups is 1. The number of nitrogens with one attached hydrogen (secondary N) is 1. The Balaban J connectivity index is 1.61. The van der Waals surface area contributed by atoms with E-state index in [1.165, 1.54) is 42.9 Å². The molecular weight excluding hydrogens is 654 g/mol. The lowest BCUT2D eigenvalue weighted by Crippen LogP contribution is -2.44. The van der Waals surface area contributed by atoms with Crippen molar-refractivity contribution in [2.75, 3.05) is 45.7 Å². The summed E-state index contributed by atoms with van der Waals surface area (Å²) in [7, 11) is -4.09. The van der Waals surface area contributed by atoms with Crippen molar-refractivity contribution in [3.63, 3.8) is 0 Å². The fraction of sp³-hybridized carbons (Fsp3) is 0.207. The predicted octanol–water partition coefficient (Wildman–Crippen LogP) is 4.45. The summed E-state index contributed by atoms with van der Waals surface area (Å²) in [6.07, 6.45) is 0. The SMILES string of the molecule is CN(C)c1ccc2c(S(=O)(=O)N(C)CCN(CC(=O)NO)S(=O)(=O)c3cc(F)c(Oc4ccc(Cl)cc4)c(F)c3)cccc2c1. The van der Waals surface area contributed by atoms with E-state index in [2.05, 4.69) is 0 Å². The molecule has 11 nitrogen and oxygen atoms in total. The van der Waals surface area contributed by atoms with Gasteiger partial charge in [0.25, 0.3) is 5.91 Å². The summed E-state index contributed by atoms with van der Waals surface area (Å²) in [5.74, 6) is -4.73. The summed E-state index contributed by atoms with van der Waals surface area (Å²) in [6.45, 7) is -2.07. The molecule has 0 aliphatic heterocycles. The van der Waals surface area contributed by atoms with Crippen LogP contribution >= 0.6 is 11.6 Å². The zero-order valence-electron chi connectivity index (χ0n) is 24.2. The van der Waals surface area contributed by atoms with E-state index >= 15 is 0 Å². The van der Waals surface area contributed by atoms with Crippen LogP contribution in [-0.2, 0) is 24.8 Å². The molecule has 0 aliphatic carbocycles. The smallest absolute Gasteiger partial charge is 0.258 e. The molecular formula is C29H29ClF2N4O7S2. The van der Waals surface area contributed by atoms with Crippen LogP contribution in [0.4, 0.5) is 14.5 Å². The van der Waals surface area contributed by atoms with Crippen molar-refractivity contribution in [1.29, 1.82) is 0 Å². The van der Waals surface area contributed by atoms with Gasteiger partial charge in [0.1, 0.15) is 5.75 Å². The number of fused-ring (bicyclic) bond motifs is 1. The third-order valence-electron chi connectivity index (χ3n) is 6.78. The van der Waals surface area contributed by atoms with Crippen molar-refractivity contribution in [2.45, 2.75) is 9.79 Å². The van der Waals surface area contributed by atoms with Crippen LogP contribution in [0.15, 0.2) is 82.6 Å². The Labute approximate surface area is 264 Å². The van der Waals surface area contributed by atoms with Crippen LogP contribution in [-0.4, -0.2) is 77.3 Å². The number of ether oxygens (including phenoxy) is 1. The van der Waals surface area contributed by atoms with Crippen molar-refractivity contribution >= 4 is 54.0 Å². The Hall–Kier alpha value is -3.86. The maximum absolute atomic E-state index is 15.0. The monoisotopic (exact) mass is 682 g/mol. The average molecular weight is 683 g/mol. The second-order valence-electron chi connectivity index (χ2n) is 10.0. The van der Waals surface area contributed by atoms with E-state index in [0.29, 0.717) is 32.2 Å². The fourth-order valence-corrected chi connectivity index (χ4v) is 7.23. The lowest BCUT2D eigenvalue weighted by molar-refractivity contribution is -0.129. The number of carbonyl (C=O) groups excluding carboxylic acids is 1. The molecule has 0 heterocycles. The largest absolute Gasteiger partial charge is 0.451 e. The second kappa shape index (κ2) is 13.6. The van der Waals surface area contributed by atoms with Gasteiger partial charge in [-0.25, -0.2) is 31.1 Å². The molecule has 1 amide bonds. The number of likely N-dealkylation sites (N-methyl/N-ethyl adjacent to an activating group) is 1. The van der Waals surface area contributed by atoms with Crippen LogP contribution in [0, 0.1) is 11.6 Å². The highest BCUT2D eigenvalue weighted by Gasteiger charge is 2.31. The van der Waals surface area contributed by atoms with Gasteiger partial charge in [-0.2, -0.15) is 8.61 Å². The van der Waals surface area contributed by atoms with Crippen molar-refractivity contribution in [2.24, 2.45) is 0 Å². The molecule has 2 N–H and O–H groups in total. The molecule has 240 valence electrons. The summed E-state index contributed by atoms with van der Waals surface area (Å²) in [6, 6.07) is 16.6. The van der Waals surface area contributed by atoms with Gasteiger partial charge in [-0.15, -0.1) is 0 Å². The number of benzene rings is 4. The summed E-state index contributed by atoms with van der Waals surface area (Å²) in [5.41, 5.74) is 2.15. The van der Waals surface area contributed by atoms with E-state index in [0.717, 1.165) is 9.99 Å².